The van der Waals surface area contributed by atoms with E-state index in [4.69, 9.17) is 4.74 Å². The van der Waals surface area contributed by atoms with E-state index in [1.54, 1.807) is 12.1 Å². The average Bonchev–Trinajstić information content (AvgIpc) is 2.38. The Balaban J connectivity index is 2.28. The first-order valence-electron chi connectivity index (χ1n) is 5.34. The maximum absolute atomic E-state index is 11.4. The fraction of sp³-hybridized carbons (Fsp3) is 0.0714. The highest BCUT2D eigenvalue weighted by Gasteiger charge is 2.09. The number of carbonyl (C=O) groups is 1. The molecule has 0 atom stereocenters. The van der Waals surface area contributed by atoms with Gasteiger partial charge >= 0.3 is 5.97 Å². The molecule has 0 radical (unpaired) electrons. The van der Waals surface area contributed by atoms with Crippen molar-refractivity contribution < 1.29 is 19.4 Å². The molecule has 0 fully saturated rings. The lowest BCUT2D eigenvalue weighted by Gasteiger charge is -2.07. The van der Waals surface area contributed by atoms with Crippen molar-refractivity contribution in [3.05, 3.63) is 54.1 Å². The van der Waals surface area contributed by atoms with Crippen LogP contribution in [0.15, 0.2) is 48.5 Å². The molecule has 4 nitrogen and oxygen atoms in total. The molecule has 2 aromatic carbocycles. The van der Waals surface area contributed by atoms with Crippen molar-refractivity contribution in [1.82, 2.24) is 0 Å². The zero-order valence-corrected chi connectivity index (χ0v) is 9.79. The summed E-state index contributed by atoms with van der Waals surface area (Å²) < 4.78 is 10.1. The minimum atomic E-state index is -0.524. The Morgan fingerprint density at radius 2 is 1.78 bits per heavy atom. The highest BCUT2D eigenvalue weighted by Crippen LogP contribution is 2.26. The van der Waals surface area contributed by atoms with Crippen LogP contribution in [-0.4, -0.2) is 18.2 Å². The molecule has 2 rings (SSSR count). The van der Waals surface area contributed by atoms with Gasteiger partial charge in [0.1, 0.15) is 17.2 Å². The molecule has 2 aromatic rings. The van der Waals surface area contributed by atoms with Crippen molar-refractivity contribution in [2.45, 2.75) is 0 Å². The standard InChI is InChI=1S/C14H12O4/c1-17-14(16)10-7-11(15)9-13(8-10)18-12-5-3-2-4-6-12/h2-9,15H,1H3. The maximum atomic E-state index is 11.4. The van der Waals surface area contributed by atoms with Crippen LogP contribution in [-0.2, 0) is 4.74 Å². The number of esters is 1. The maximum Gasteiger partial charge on any atom is 0.338 e. The molecule has 1 N–H and O–H groups in total. The Morgan fingerprint density at radius 1 is 1.06 bits per heavy atom. The van der Waals surface area contributed by atoms with Gasteiger partial charge in [0.2, 0.25) is 0 Å². The molecule has 0 spiro atoms. The largest absolute Gasteiger partial charge is 0.508 e. The number of hydrogen-bond acceptors (Lipinski definition) is 4. The molecular formula is C14H12O4. The molecule has 18 heavy (non-hydrogen) atoms. The van der Waals surface area contributed by atoms with E-state index in [0.717, 1.165) is 0 Å². The van der Waals surface area contributed by atoms with Gasteiger partial charge < -0.3 is 14.6 Å². The Hall–Kier alpha value is -2.49. The highest BCUT2D eigenvalue weighted by atomic mass is 16.5. The van der Waals surface area contributed by atoms with Crippen LogP contribution in [0.3, 0.4) is 0 Å². The minimum Gasteiger partial charge on any atom is -0.508 e. The molecule has 0 amide bonds. The summed E-state index contributed by atoms with van der Waals surface area (Å²) in [6.45, 7) is 0. The number of phenolic OH excluding ortho intramolecular Hbond substituents is 1. The summed E-state index contributed by atoms with van der Waals surface area (Å²) in [5.74, 6) is 0.424. The second kappa shape index (κ2) is 5.23. The van der Waals surface area contributed by atoms with E-state index in [0.29, 0.717) is 11.5 Å². The average molecular weight is 244 g/mol. The van der Waals surface area contributed by atoms with Gasteiger partial charge in [-0.05, 0) is 24.3 Å². The molecule has 0 saturated carbocycles. The second-order valence-electron chi connectivity index (χ2n) is 3.62. The van der Waals surface area contributed by atoms with E-state index in [9.17, 15) is 9.90 Å². The van der Waals surface area contributed by atoms with Gasteiger partial charge in [-0.15, -0.1) is 0 Å². The number of aromatic hydroxyl groups is 1. The highest BCUT2D eigenvalue weighted by molar-refractivity contribution is 5.90. The summed E-state index contributed by atoms with van der Waals surface area (Å²) in [6.07, 6.45) is 0. The summed E-state index contributed by atoms with van der Waals surface area (Å²) >= 11 is 0. The van der Waals surface area contributed by atoms with E-state index in [1.807, 2.05) is 18.2 Å². The molecule has 0 aliphatic heterocycles. The number of hydrogen-bond donors (Lipinski definition) is 1. The van der Waals surface area contributed by atoms with Gasteiger partial charge in [0.25, 0.3) is 0 Å². The number of phenols is 1. The monoisotopic (exact) mass is 244 g/mol. The van der Waals surface area contributed by atoms with Gasteiger partial charge in [-0.2, -0.15) is 0 Å². The zero-order valence-electron chi connectivity index (χ0n) is 9.79. The van der Waals surface area contributed by atoms with Crippen molar-refractivity contribution in [3.8, 4) is 17.2 Å². The third kappa shape index (κ3) is 2.79. The van der Waals surface area contributed by atoms with Crippen molar-refractivity contribution in [2.24, 2.45) is 0 Å². The van der Waals surface area contributed by atoms with E-state index >= 15 is 0 Å². The molecule has 0 unspecified atom stereocenters. The molecule has 0 saturated heterocycles. The smallest absolute Gasteiger partial charge is 0.338 e. The van der Waals surface area contributed by atoms with E-state index in [1.165, 1.54) is 25.3 Å². The fourth-order valence-electron chi connectivity index (χ4n) is 1.50. The molecule has 0 aromatic heterocycles. The third-order valence-electron chi connectivity index (χ3n) is 2.29. The fourth-order valence-corrected chi connectivity index (χ4v) is 1.50. The van der Waals surface area contributed by atoms with E-state index < -0.39 is 5.97 Å². The SMILES string of the molecule is COC(=O)c1cc(O)cc(Oc2ccccc2)c1. The van der Waals surface area contributed by atoms with Crippen LogP contribution in [0.2, 0.25) is 0 Å². The Kier molecular flexibility index (Phi) is 3.48. The lowest BCUT2D eigenvalue weighted by molar-refractivity contribution is 0.0600. The normalized spacial score (nSPS) is 9.83. The van der Waals surface area contributed by atoms with Crippen LogP contribution >= 0.6 is 0 Å². The second-order valence-corrected chi connectivity index (χ2v) is 3.62. The van der Waals surface area contributed by atoms with Gasteiger partial charge in [-0.25, -0.2) is 4.79 Å². The number of benzene rings is 2. The van der Waals surface area contributed by atoms with Gasteiger partial charge in [0.15, 0.2) is 0 Å². The summed E-state index contributed by atoms with van der Waals surface area (Å²) in [5, 5.41) is 9.53. The summed E-state index contributed by atoms with van der Waals surface area (Å²) in [7, 11) is 1.28. The van der Waals surface area contributed by atoms with Crippen LogP contribution in [0.25, 0.3) is 0 Å². The van der Waals surface area contributed by atoms with Crippen molar-refractivity contribution in [1.29, 1.82) is 0 Å². The number of ether oxygens (including phenoxy) is 2. The molecular weight excluding hydrogens is 232 g/mol. The van der Waals surface area contributed by atoms with Gasteiger partial charge in [-0.1, -0.05) is 18.2 Å². The minimum absolute atomic E-state index is 0.0520. The number of para-hydroxylation sites is 1. The molecule has 0 heterocycles. The number of rotatable bonds is 3. The molecule has 0 aliphatic carbocycles. The van der Waals surface area contributed by atoms with Crippen LogP contribution in [0.5, 0.6) is 17.2 Å². The zero-order chi connectivity index (χ0) is 13.0. The lowest BCUT2D eigenvalue weighted by Crippen LogP contribution is -2.01. The number of methoxy groups -OCH3 is 1. The van der Waals surface area contributed by atoms with Gasteiger partial charge in [-0.3, -0.25) is 0 Å². The predicted octanol–water partition coefficient (Wildman–Crippen LogP) is 2.97. The number of carbonyl (C=O) groups excluding carboxylic acids is 1. The van der Waals surface area contributed by atoms with Gasteiger partial charge in [0, 0.05) is 6.07 Å². The molecule has 4 heteroatoms. The van der Waals surface area contributed by atoms with Crippen LogP contribution in [0.4, 0.5) is 0 Å². The van der Waals surface area contributed by atoms with E-state index in [2.05, 4.69) is 4.74 Å². The first kappa shape index (κ1) is 12.0. The summed E-state index contributed by atoms with van der Waals surface area (Å²) in [5.41, 5.74) is 0.239. The van der Waals surface area contributed by atoms with E-state index in [-0.39, 0.29) is 11.3 Å². The molecule has 0 aliphatic rings. The topological polar surface area (TPSA) is 55.8 Å². The first-order chi connectivity index (χ1) is 8.69. The van der Waals surface area contributed by atoms with Crippen LogP contribution in [0.1, 0.15) is 10.4 Å². The molecule has 0 bridgehead atoms. The quantitative estimate of drug-likeness (QED) is 0.843. The lowest BCUT2D eigenvalue weighted by atomic mass is 10.2. The predicted molar refractivity (Wildman–Crippen MR) is 66.0 cm³/mol. The summed E-state index contributed by atoms with van der Waals surface area (Å²) in [4.78, 5) is 11.4. The van der Waals surface area contributed by atoms with Crippen molar-refractivity contribution in [3.63, 3.8) is 0 Å². The Morgan fingerprint density at radius 3 is 2.44 bits per heavy atom. The van der Waals surface area contributed by atoms with Crippen molar-refractivity contribution >= 4 is 5.97 Å². The third-order valence-corrected chi connectivity index (χ3v) is 2.29. The first-order valence-corrected chi connectivity index (χ1v) is 5.34. The van der Waals surface area contributed by atoms with Crippen LogP contribution < -0.4 is 4.74 Å². The van der Waals surface area contributed by atoms with Crippen molar-refractivity contribution in [2.75, 3.05) is 7.11 Å². The summed E-state index contributed by atoms with van der Waals surface area (Å²) in [6, 6.07) is 13.4. The van der Waals surface area contributed by atoms with Crippen LogP contribution in [0, 0.1) is 0 Å². The van der Waals surface area contributed by atoms with Gasteiger partial charge in [0.05, 0.1) is 12.7 Å². The Labute approximate surface area is 104 Å². The molecule has 92 valence electrons. The Bertz CT molecular complexity index is 549.